The average molecular weight is 234 g/mol. The van der Waals surface area contributed by atoms with Gasteiger partial charge < -0.3 is 14.9 Å². The molecule has 0 saturated heterocycles. The summed E-state index contributed by atoms with van der Waals surface area (Å²) in [5.41, 5.74) is 0. The number of carbonyl (C=O) groups is 1. The molecule has 0 saturated carbocycles. The molecule has 15 heavy (non-hydrogen) atoms. The second-order valence-corrected chi connectivity index (χ2v) is 3.14. The molecule has 0 aliphatic carbocycles. The topological polar surface area (TPSA) is 87.3 Å². The van der Waals surface area contributed by atoms with E-state index in [9.17, 15) is 14.9 Å². The van der Waals surface area contributed by atoms with Crippen LogP contribution in [0.1, 0.15) is 13.0 Å². The Morgan fingerprint density at radius 2 is 2.40 bits per heavy atom. The van der Waals surface area contributed by atoms with Gasteiger partial charge in [-0.05, 0) is 11.8 Å². The molecule has 0 bridgehead atoms. The molecule has 1 heterocycles. The highest BCUT2D eigenvalue weighted by atomic mass is 35.5. The second-order valence-electron chi connectivity index (χ2n) is 2.74. The highest BCUT2D eigenvalue weighted by Gasteiger charge is 2.25. The fourth-order valence-electron chi connectivity index (χ4n) is 0.961. The van der Waals surface area contributed by atoms with Gasteiger partial charge in [-0.1, -0.05) is 11.6 Å². The quantitative estimate of drug-likeness (QED) is 0.444. The number of nitrogens with zero attached hydrogens (tertiary/aromatic N) is 3. The van der Waals surface area contributed by atoms with Gasteiger partial charge in [-0.15, -0.1) is 0 Å². The molecule has 8 heteroatoms. The molecule has 1 aromatic rings. The van der Waals surface area contributed by atoms with Crippen molar-refractivity contribution in [1.82, 2.24) is 9.78 Å². The van der Waals surface area contributed by atoms with Crippen LogP contribution in [0.3, 0.4) is 0 Å². The minimum atomic E-state index is -0.749. The first-order valence-corrected chi connectivity index (χ1v) is 4.32. The number of ether oxygens (including phenoxy) is 1. The SMILES string of the molecule is COC(=O)[C@H](C)n1cc(Cl)c([N+](=O)[O-])n1. The van der Waals surface area contributed by atoms with E-state index >= 15 is 0 Å². The fourth-order valence-corrected chi connectivity index (χ4v) is 1.17. The zero-order chi connectivity index (χ0) is 11.6. The Bertz CT molecular complexity index is 403. The summed E-state index contributed by atoms with van der Waals surface area (Å²) in [5.74, 6) is -1.03. The predicted octanol–water partition coefficient (Wildman–Crippen LogP) is 1.18. The summed E-state index contributed by atoms with van der Waals surface area (Å²) in [6.07, 6.45) is 1.21. The van der Waals surface area contributed by atoms with Crippen molar-refractivity contribution in [1.29, 1.82) is 0 Å². The smallest absolute Gasteiger partial charge is 0.408 e. The zero-order valence-corrected chi connectivity index (χ0v) is 8.76. The molecule has 0 spiro atoms. The molecule has 0 radical (unpaired) electrons. The molecule has 1 rings (SSSR count). The monoisotopic (exact) mass is 233 g/mol. The molecule has 0 unspecified atom stereocenters. The molecule has 1 atom stereocenters. The molecule has 0 aromatic carbocycles. The Morgan fingerprint density at radius 1 is 1.80 bits per heavy atom. The van der Waals surface area contributed by atoms with Gasteiger partial charge in [0.25, 0.3) is 0 Å². The molecule has 0 N–H and O–H groups in total. The van der Waals surface area contributed by atoms with Gasteiger partial charge in [-0.25, -0.2) is 4.79 Å². The third kappa shape index (κ3) is 2.24. The lowest BCUT2D eigenvalue weighted by Crippen LogP contribution is -2.18. The minimum Gasteiger partial charge on any atom is -0.467 e. The van der Waals surface area contributed by atoms with Crippen LogP contribution in [-0.2, 0) is 9.53 Å². The van der Waals surface area contributed by atoms with Crippen molar-refractivity contribution in [2.75, 3.05) is 7.11 Å². The normalized spacial score (nSPS) is 12.2. The lowest BCUT2D eigenvalue weighted by Gasteiger charge is -2.04. The Morgan fingerprint density at radius 3 is 2.80 bits per heavy atom. The van der Waals surface area contributed by atoms with Crippen LogP contribution < -0.4 is 0 Å². The fraction of sp³-hybridized carbons (Fsp3) is 0.429. The number of nitro groups is 1. The van der Waals surface area contributed by atoms with Gasteiger partial charge in [-0.3, -0.25) is 0 Å². The van der Waals surface area contributed by atoms with E-state index in [0.717, 1.165) is 4.68 Å². The first-order valence-electron chi connectivity index (χ1n) is 3.94. The number of hydrogen-bond acceptors (Lipinski definition) is 5. The molecule has 0 aliphatic rings. The maximum Gasteiger partial charge on any atom is 0.408 e. The third-order valence-corrected chi connectivity index (χ3v) is 2.05. The van der Waals surface area contributed by atoms with Crippen molar-refractivity contribution in [3.05, 3.63) is 21.3 Å². The molecule has 82 valence electrons. The summed E-state index contributed by atoms with van der Waals surface area (Å²) < 4.78 is 5.55. The largest absolute Gasteiger partial charge is 0.467 e. The zero-order valence-electron chi connectivity index (χ0n) is 8.01. The Labute approximate surface area is 89.7 Å². The van der Waals surface area contributed by atoms with Crippen LogP contribution in [0.5, 0.6) is 0 Å². The summed E-state index contributed by atoms with van der Waals surface area (Å²) >= 11 is 5.55. The van der Waals surface area contributed by atoms with Crippen molar-refractivity contribution in [2.24, 2.45) is 0 Å². The number of methoxy groups -OCH3 is 1. The molecular formula is C7H8ClN3O4. The van der Waals surface area contributed by atoms with E-state index in [1.165, 1.54) is 20.2 Å². The summed E-state index contributed by atoms with van der Waals surface area (Å²) in [6, 6.07) is -0.749. The van der Waals surface area contributed by atoms with Crippen molar-refractivity contribution in [3.8, 4) is 0 Å². The average Bonchev–Trinajstić information content (AvgIpc) is 2.58. The van der Waals surface area contributed by atoms with E-state index in [-0.39, 0.29) is 5.02 Å². The van der Waals surface area contributed by atoms with Crippen LogP contribution in [-0.4, -0.2) is 27.8 Å². The van der Waals surface area contributed by atoms with Gasteiger partial charge in [0.1, 0.15) is 0 Å². The van der Waals surface area contributed by atoms with Gasteiger partial charge in [0.2, 0.25) is 0 Å². The lowest BCUT2D eigenvalue weighted by molar-refractivity contribution is -0.389. The van der Waals surface area contributed by atoms with Crippen LogP contribution in [0.2, 0.25) is 5.02 Å². The van der Waals surface area contributed by atoms with Crippen molar-refractivity contribution in [3.63, 3.8) is 0 Å². The van der Waals surface area contributed by atoms with Crippen molar-refractivity contribution >= 4 is 23.4 Å². The number of esters is 1. The summed E-state index contributed by atoms with van der Waals surface area (Å²) in [7, 11) is 1.22. The standard InChI is InChI=1S/C7H8ClN3O4/c1-4(7(12)15-2)10-3-5(8)6(9-10)11(13)14/h3-4H,1-2H3/t4-/m0/s1. The first kappa shape index (κ1) is 11.4. The highest BCUT2D eigenvalue weighted by molar-refractivity contribution is 6.32. The molecule has 7 nitrogen and oxygen atoms in total. The predicted molar refractivity (Wildman–Crippen MR) is 50.6 cm³/mol. The van der Waals surface area contributed by atoms with Gasteiger partial charge in [0.15, 0.2) is 11.1 Å². The van der Waals surface area contributed by atoms with E-state index in [1.54, 1.807) is 0 Å². The van der Waals surface area contributed by atoms with E-state index in [4.69, 9.17) is 11.6 Å². The molecular weight excluding hydrogens is 226 g/mol. The van der Waals surface area contributed by atoms with Crippen LogP contribution in [0.4, 0.5) is 5.82 Å². The van der Waals surface area contributed by atoms with Crippen molar-refractivity contribution < 1.29 is 14.5 Å². The van der Waals surface area contributed by atoms with Crippen LogP contribution in [0.25, 0.3) is 0 Å². The number of hydrogen-bond donors (Lipinski definition) is 0. The molecule has 0 amide bonds. The van der Waals surface area contributed by atoms with Gasteiger partial charge in [0.05, 0.1) is 18.4 Å². The maximum absolute atomic E-state index is 11.1. The van der Waals surface area contributed by atoms with Gasteiger partial charge >= 0.3 is 11.8 Å². The summed E-state index contributed by atoms with van der Waals surface area (Å²) in [4.78, 5) is 20.8. The lowest BCUT2D eigenvalue weighted by atomic mass is 10.3. The Hall–Kier alpha value is -1.63. The van der Waals surface area contributed by atoms with Gasteiger partial charge in [0, 0.05) is 0 Å². The van der Waals surface area contributed by atoms with Crippen LogP contribution in [0.15, 0.2) is 6.20 Å². The Kier molecular flexibility index (Phi) is 3.25. The van der Waals surface area contributed by atoms with Crippen LogP contribution >= 0.6 is 11.6 Å². The van der Waals surface area contributed by atoms with E-state index in [0.29, 0.717) is 0 Å². The van der Waals surface area contributed by atoms with Crippen LogP contribution in [0, 0.1) is 10.1 Å². The first-order chi connectivity index (χ1) is 6.97. The number of halogens is 1. The van der Waals surface area contributed by atoms with Crippen molar-refractivity contribution in [2.45, 2.75) is 13.0 Å². The number of carbonyl (C=O) groups excluding carboxylic acids is 1. The molecule has 0 fully saturated rings. The minimum absolute atomic E-state index is 0.115. The Balaban J connectivity index is 3.02. The highest BCUT2D eigenvalue weighted by Crippen LogP contribution is 2.23. The van der Waals surface area contributed by atoms with Gasteiger partial charge in [-0.2, -0.15) is 4.68 Å². The van der Waals surface area contributed by atoms with E-state index in [1.807, 2.05) is 0 Å². The molecule has 1 aromatic heterocycles. The number of aromatic nitrogens is 2. The number of rotatable bonds is 3. The molecule has 0 aliphatic heterocycles. The summed E-state index contributed by atoms with van der Waals surface area (Å²) in [5, 5.41) is 13.9. The summed E-state index contributed by atoms with van der Waals surface area (Å²) in [6.45, 7) is 1.50. The van der Waals surface area contributed by atoms with E-state index in [2.05, 4.69) is 9.84 Å². The maximum atomic E-state index is 11.1. The second kappa shape index (κ2) is 4.26. The third-order valence-electron chi connectivity index (χ3n) is 1.78. The van der Waals surface area contributed by atoms with E-state index < -0.39 is 22.8 Å².